The Balaban J connectivity index is 1.36. The van der Waals surface area contributed by atoms with Crippen molar-refractivity contribution in [3.8, 4) is 5.69 Å². The molecule has 2 aromatic heterocycles. The van der Waals surface area contributed by atoms with E-state index in [1.807, 2.05) is 0 Å². The molecule has 1 fully saturated rings. The number of rotatable bonds is 4. The fourth-order valence-corrected chi connectivity index (χ4v) is 4.52. The maximum atomic E-state index is 13.3. The van der Waals surface area contributed by atoms with Gasteiger partial charge >= 0.3 is 0 Å². The van der Waals surface area contributed by atoms with Crippen LogP contribution < -0.4 is 5.56 Å². The van der Waals surface area contributed by atoms with Crippen LogP contribution in [-0.2, 0) is 0 Å². The summed E-state index contributed by atoms with van der Waals surface area (Å²) in [5.41, 5.74) is -0.304. The normalized spacial score (nSPS) is 16.4. The fraction of sp³-hybridized carbons (Fsp3) is 0.280. The van der Waals surface area contributed by atoms with E-state index in [0.29, 0.717) is 30.0 Å². The Bertz CT molecular complexity index is 1440. The highest BCUT2D eigenvalue weighted by Gasteiger charge is 2.40. The van der Waals surface area contributed by atoms with Gasteiger partial charge < -0.3 is 10.0 Å². The monoisotopic (exact) mass is 479 g/mol. The van der Waals surface area contributed by atoms with Crippen LogP contribution >= 0.6 is 0 Å². The van der Waals surface area contributed by atoms with Gasteiger partial charge in [-0.05, 0) is 68.3 Å². The second-order valence-corrected chi connectivity index (χ2v) is 8.81. The number of carbonyl (C=O) groups excluding carboxylic acids is 1. The van der Waals surface area contributed by atoms with Gasteiger partial charge in [0, 0.05) is 18.7 Å². The summed E-state index contributed by atoms with van der Waals surface area (Å²) in [4.78, 5) is 32.0. The third kappa shape index (κ3) is 4.10. The quantitative estimate of drug-likeness (QED) is 0.486. The van der Waals surface area contributed by atoms with Gasteiger partial charge in [-0.15, -0.1) is 0 Å². The highest BCUT2D eigenvalue weighted by atomic mass is 19.1. The Labute approximate surface area is 199 Å². The van der Waals surface area contributed by atoms with Crippen molar-refractivity contribution in [1.82, 2.24) is 24.2 Å². The minimum absolute atomic E-state index is 0.229. The highest BCUT2D eigenvalue weighted by molar-refractivity contribution is 5.94. The van der Waals surface area contributed by atoms with Gasteiger partial charge in [-0.1, -0.05) is 0 Å². The Morgan fingerprint density at radius 3 is 2.26 bits per heavy atom. The number of nitrogens with zero attached hydrogens (tertiary/aromatic N) is 5. The van der Waals surface area contributed by atoms with Crippen LogP contribution in [0.25, 0.3) is 16.7 Å². The van der Waals surface area contributed by atoms with Gasteiger partial charge in [-0.25, -0.2) is 18.4 Å². The van der Waals surface area contributed by atoms with Crippen molar-refractivity contribution in [2.24, 2.45) is 0 Å². The van der Waals surface area contributed by atoms with Gasteiger partial charge in [0.25, 0.3) is 11.5 Å². The van der Waals surface area contributed by atoms with Crippen molar-refractivity contribution >= 4 is 16.9 Å². The summed E-state index contributed by atoms with van der Waals surface area (Å²) in [6.07, 6.45) is 3.32. The first kappa shape index (κ1) is 22.9. The minimum Gasteiger partial charge on any atom is -0.388 e. The molecule has 0 spiro atoms. The summed E-state index contributed by atoms with van der Waals surface area (Å²) in [5.74, 6) is -1.02. The summed E-state index contributed by atoms with van der Waals surface area (Å²) in [5, 5.41) is 15.9. The summed E-state index contributed by atoms with van der Waals surface area (Å²) >= 11 is 0. The maximum Gasteiger partial charge on any atom is 0.264 e. The number of halogens is 2. The van der Waals surface area contributed by atoms with Crippen LogP contribution in [0.3, 0.4) is 0 Å². The fourth-order valence-electron chi connectivity index (χ4n) is 4.52. The zero-order valence-corrected chi connectivity index (χ0v) is 18.9. The number of carbonyl (C=O) groups is 1. The van der Waals surface area contributed by atoms with Gasteiger partial charge in [-0.3, -0.25) is 14.2 Å². The van der Waals surface area contributed by atoms with Crippen LogP contribution in [0, 0.1) is 11.6 Å². The Kier molecular flexibility index (Phi) is 5.68. The van der Waals surface area contributed by atoms with Crippen molar-refractivity contribution < 1.29 is 18.7 Å². The van der Waals surface area contributed by atoms with Gasteiger partial charge in [0.05, 0.1) is 23.5 Å². The topological polar surface area (TPSA) is 93.2 Å². The Hall–Kier alpha value is -3.92. The molecule has 180 valence electrons. The van der Waals surface area contributed by atoms with E-state index >= 15 is 0 Å². The van der Waals surface area contributed by atoms with Crippen molar-refractivity contribution in [2.75, 3.05) is 13.1 Å². The Morgan fingerprint density at radius 1 is 1.03 bits per heavy atom. The maximum absolute atomic E-state index is 13.3. The third-order valence-corrected chi connectivity index (χ3v) is 6.79. The smallest absolute Gasteiger partial charge is 0.264 e. The van der Waals surface area contributed by atoms with Crippen molar-refractivity contribution in [2.45, 2.75) is 31.4 Å². The molecule has 1 unspecified atom stereocenters. The lowest BCUT2D eigenvalue weighted by Crippen LogP contribution is -2.51. The molecule has 1 aliphatic rings. The lowest BCUT2D eigenvalue weighted by molar-refractivity contribution is -0.0523. The molecule has 8 nitrogen and oxygen atoms in total. The molecule has 1 N–H and O–H groups in total. The minimum atomic E-state index is -1.23. The molecule has 10 heteroatoms. The number of piperidine rings is 1. The zero-order chi connectivity index (χ0) is 24.7. The Morgan fingerprint density at radius 2 is 1.63 bits per heavy atom. The molecular weight excluding hydrogens is 456 g/mol. The van der Waals surface area contributed by atoms with E-state index in [0.717, 1.165) is 0 Å². The average molecular weight is 479 g/mol. The zero-order valence-electron chi connectivity index (χ0n) is 18.9. The van der Waals surface area contributed by atoms with Gasteiger partial charge in [0.15, 0.2) is 5.65 Å². The SMILES string of the molecule is CC(n1cnc2c(cnn2-c2ccc(F)cc2)c1=O)C1(O)CCN(C(=O)c2ccc(F)cc2)CC1. The number of hydrogen-bond acceptors (Lipinski definition) is 5. The lowest BCUT2D eigenvalue weighted by Gasteiger charge is -2.42. The van der Waals surface area contributed by atoms with E-state index < -0.39 is 17.5 Å². The van der Waals surface area contributed by atoms with E-state index in [2.05, 4.69) is 10.1 Å². The average Bonchev–Trinajstić information content (AvgIpc) is 3.30. The first-order valence-corrected chi connectivity index (χ1v) is 11.2. The van der Waals surface area contributed by atoms with E-state index in [9.17, 15) is 23.5 Å². The predicted molar refractivity (Wildman–Crippen MR) is 124 cm³/mol. The van der Waals surface area contributed by atoms with Crippen LogP contribution in [0.1, 0.15) is 36.2 Å². The number of aliphatic hydroxyl groups is 1. The van der Waals surface area contributed by atoms with Crippen molar-refractivity contribution in [3.05, 3.63) is 88.6 Å². The third-order valence-electron chi connectivity index (χ3n) is 6.79. The molecule has 1 saturated heterocycles. The molecule has 3 heterocycles. The molecule has 5 rings (SSSR count). The molecule has 1 amide bonds. The molecule has 35 heavy (non-hydrogen) atoms. The first-order valence-electron chi connectivity index (χ1n) is 11.2. The van der Waals surface area contributed by atoms with Crippen LogP contribution in [0.5, 0.6) is 0 Å². The van der Waals surface area contributed by atoms with E-state index in [4.69, 9.17) is 0 Å². The molecule has 0 aliphatic carbocycles. The summed E-state index contributed by atoms with van der Waals surface area (Å²) < 4.78 is 29.3. The largest absolute Gasteiger partial charge is 0.388 e. The van der Waals surface area contributed by atoms with Crippen LogP contribution in [0.4, 0.5) is 8.78 Å². The number of fused-ring (bicyclic) bond motifs is 1. The number of aromatic nitrogens is 4. The second kappa shape index (κ2) is 8.70. The molecule has 0 saturated carbocycles. The van der Waals surface area contributed by atoms with Crippen LogP contribution in [0.15, 0.2) is 65.8 Å². The molecule has 2 aromatic carbocycles. The summed E-state index contributed by atoms with van der Waals surface area (Å²) in [6, 6.07) is 10.4. The lowest BCUT2D eigenvalue weighted by atomic mass is 9.84. The number of benzene rings is 2. The molecule has 4 aromatic rings. The molecule has 1 atom stereocenters. The standard InChI is InChI=1S/C25H23F2N5O3/c1-16(25(35)10-12-30(13-11-25)23(33)17-2-4-18(26)5-3-17)31-15-28-22-21(24(31)34)14-29-32(22)20-8-6-19(27)7-9-20/h2-9,14-16,35H,10-13H2,1H3. The van der Waals surface area contributed by atoms with Crippen LogP contribution in [-0.4, -0.2) is 53.9 Å². The predicted octanol–water partition coefficient (Wildman–Crippen LogP) is 3.09. The molecule has 1 aliphatic heterocycles. The van der Waals surface area contributed by atoms with Gasteiger partial charge in [0.1, 0.15) is 23.3 Å². The molecule has 0 radical (unpaired) electrons. The molecule has 0 bridgehead atoms. The summed E-state index contributed by atoms with van der Waals surface area (Å²) in [7, 11) is 0. The molecular formula is C25H23F2N5O3. The number of hydrogen-bond donors (Lipinski definition) is 1. The van der Waals surface area contributed by atoms with Crippen LogP contribution in [0.2, 0.25) is 0 Å². The first-order chi connectivity index (χ1) is 16.8. The second-order valence-electron chi connectivity index (χ2n) is 8.81. The van der Waals surface area contributed by atoms with Gasteiger partial charge in [0.2, 0.25) is 0 Å². The van der Waals surface area contributed by atoms with E-state index in [1.165, 1.54) is 58.2 Å². The van der Waals surface area contributed by atoms with E-state index in [-0.39, 0.29) is 35.5 Å². The number of amides is 1. The van der Waals surface area contributed by atoms with Gasteiger partial charge in [-0.2, -0.15) is 5.10 Å². The van der Waals surface area contributed by atoms with Crippen molar-refractivity contribution in [3.63, 3.8) is 0 Å². The summed E-state index contributed by atoms with van der Waals surface area (Å²) in [6.45, 7) is 2.34. The highest BCUT2D eigenvalue weighted by Crippen LogP contribution is 2.33. The van der Waals surface area contributed by atoms with Crippen molar-refractivity contribution in [1.29, 1.82) is 0 Å². The van der Waals surface area contributed by atoms with E-state index in [1.54, 1.807) is 24.0 Å². The number of likely N-dealkylation sites (tertiary alicyclic amines) is 1.